The van der Waals surface area contributed by atoms with Gasteiger partial charge in [-0.05, 0) is 32.2 Å². The van der Waals surface area contributed by atoms with Gasteiger partial charge in [0.15, 0.2) is 0 Å². The maximum atomic E-state index is 6.34. The number of hydrogen-bond donors (Lipinski definition) is 1. The maximum Gasteiger partial charge on any atom is 0.0950 e. The fourth-order valence-corrected chi connectivity index (χ4v) is 3.50. The predicted octanol–water partition coefficient (Wildman–Crippen LogP) is 2.48. The van der Waals surface area contributed by atoms with Crippen molar-refractivity contribution in [1.29, 1.82) is 0 Å². The first-order chi connectivity index (χ1) is 9.30. The lowest BCUT2D eigenvalue weighted by Crippen LogP contribution is -2.26. The summed E-state index contributed by atoms with van der Waals surface area (Å²) in [5, 5.41) is 3.30. The second-order valence-corrected chi connectivity index (χ2v) is 6.01. The number of nitrogens with one attached hydrogen (secondary N) is 1. The van der Waals surface area contributed by atoms with E-state index in [4.69, 9.17) is 4.74 Å². The summed E-state index contributed by atoms with van der Waals surface area (Å²) in [7, 11) is 0. The molecule has 0 bridgehead atoms. The molecule has 1 aliphatic heterocycles. The van der Waals surface area contributed by atoms with Crippen LogP contribution in [0.3, 0.4) is 0 Å². The average molecular weight is 263 g/mol. The van der Waals surface area contributed by atoms with Gasteiger partial charge >= 0.3 is 0 Å². The van der Waals surface area contributed by atoms with Crippen LogP contribution in [-0.2, 0) is 17.8 Å². The van der Waals surface area contributed by atoms with Crippen LogP contribution in [0.15, 0.2) is 12.5 Å². The first kappa shape index (κ1) is 13.1. The highest BCUT2D eigenvalue weighted by Gasteiger charge is 2.42. The van der Waals surface area contributed by atoms with Crippen LogP contribution in [0.5, 0.6) is 0 Å². The van der Waals surface area contributed by atoms with Gasteiger partial charge in [-0.1, -0.05) is 19.8 Å². The Bertz CT molecular complexity index is 409. The Balaban J connectivity index is 1.53. The van der Waals surface area contributed by atoms with Crippen molar-refractivity contribution in [3.63, 3.8) is 0 Å². The van der Waals surface area contributed by atoms with Crippen LogP contribution in [0.4, 0.5) is 0 Å². The Kier molecular flexibility index (Phi) is 3.89. The van der Waals surface area contributed by atoms with E-state index in [1.54, 1.807) is 0 Å². The standard InChI is InChI=1S/C15H25N3O/c1-2-16-9-13-10-18(12-17-13)11-14-5-8-15(19-14)6-3-4-7-15/h10,12,14,16H,2-9,11H2,1H3. The van der Waals surface area contributed by atoms with Crippen molar-refractivity contribution in [2.75, 3.05) is 6.54 Å². The van der Waals surface area contributed by atoms with Crippen LogP contribution in [0, 0.1) is 0 Å². The summed E-state index contributed by atoms with van der Waals surface area (Å²) >= 11 is 0. The second kappa shape index (κ2) is 5.63. The number of rotatable bonds is 5. The third kappa shape index (κ3) is 3.00. The van der Waals surface area contributed by atoms with Gasteiger partial charge in [0.05, 0.1) is 23.7 Å². The third-order valence-corrected chi connectivity index (χ3v) is 4.51. The number of hydrogen-bond acceptors (Lipinski definition) is 3. The fraction of sp³-hybridized carbons (Fsp3) is 0.800. The molecular weight excluding hydrogens is 238 g/mol. The molecule has 0 radical (unpaired) electrons. The highest BCUT2D eigenvalue weighted by atomic mass is 16.5. The average Bonchev–Trinajstić information content (AvgIpc) is 3.12. The van der Waals surface area contributed by atoms with Crippen LogP contribution in [0.2, 0.25) is 0 Å². The second-order valence-electron chi connectivity index (χ2n) is 6.01. The van der Waals surface area contributed by atoms with Crippen molar-refractivity contribution in [3.8, 4) is 0 Å². The van der Waals surface area contributed by atoms with E-state index in [1.165, 1.54) is 38.5 Å². The van der Waals surface area contributed by atoms with E-state index in [0.29, 0.717) is 6.10 Å². The molecule has 3 rings (SSSR count). The van der Waals surface area contributed by atoms with Gasteiger partial charge in [-0.15, -0.1) is 0 Å². The van der Waals surface area contributed by atoms with Crippen LogP contribution in [0.25, 0.3) is 0 Å². The van der Waals surface area contributed by atoms with Crippen LogP contribution in [0.1, 0.15) is 51.1 Å². The molecule has 2 heterocycles. The minimum absolute atomic E-state index is 0.248. The number of imidazole rings is 1. The quantitative estimate of drug-likeness (QED) is 0.887. The summed E-state index contributed by atoms with van der Waals surface area (Å²) in [6.07, 6.45) is 12.2. The van der Waals surface area contributed by atoms with Crippen LogP contribution >= 0.6 is 0 Å². The summed E-state index contributed by atoms with van der Waals surface area (Å²) in [6.45, 7) is 4.92. The molecule has 0 amide bonds. The first-order valence-electron chi connectivity index (χ1n) is 7.69. The van der Waals surface area contributed by atoms with Gasteiger partial charge in [-0.3, -0.25) is 0 Å². The Morgan fingerprint density at radius 2 is 2.26 bits per heavy atom. The zero-order valence-electron chi connectivity index (χ0n) is 11.9. The van der Waals surface area contributed by atoms with Crippen molar-refractivity contribution in [2.45, 2.75) is 70.2 Å². The zero-order chi connectivity index (χ0) is 13.1. The highest BCUT2D eigenvalue weighted by Crippen LogP contribution is 2.43. The zero-order valence-corrected chi connectivity index (χ0v) is 11.9. The first-order valence-corrected chi connectivity index (χ1v) is 7.69. The SMILES string of the molecule is CCNCc1cn(CC2CCC3(CCCC3)O2)cn1. The third-order valence-electron chi connectivity index (χ3n) is 4.51. The molecule has 2 fully saturated rings. The number of nitrogens with zero attached hydrogens (tertiary/aromatic N) is 2. The monoisotopic (exact) mass is 263 g/mol. The van der Waals surface area contributed by atoms with Crippen molar-refractivity contribution in [2.24, 2.45) is 0 Å². The largest absolute Gasteiger partial charge is 0.370 e. The molecule has 1 aliphatic carbocycles. The molecule has 19 heavy (non-hydrogen) atoms. The lowest BCUT2D eigenvalue weighted by molar-refractivity contribution is -0.0418. The Labute approximate surface area is 115 Å². The molecule has 1 unspecified atom stereocenters. The summed E-state index contributed by atoms with van der Waals surface area (Å²) in [4.78, 5) is 4.43. The lowest BCUT2D eigenvalue weighted by atomic mass is 9.98. The van der Waals surface area contributed by atoms with E-state index in [0.717, 1.165) is 25.3 Å². The van der Waals surface area contributed by atoms with E-state index in [2.05, 4.69) is 28.0 Å². The van der Waals surface area contributed by atoms with Crippen molar-refractivity contribution < 1.29 is 4.74 Å². The number of aromatic nitrogens is 2. The van der Waals surface area contributed by atoms with E-state index < -0.39 is 0 Å². The van der Waals surface area contributed by atoms with Gasteiger partial charge in [0.2, 0.25) is 0 Å². The van der Waals surface area contributed by atoms with E-state index >= 15 is 0 Å². The molecule has 1 saturated carbocycles. The molecule has 1 spiro atoms. The summed E-state index contributed by atoms with van der Waals surface area (Å²) in [6, 6.07) is 0. The molecule has 1 N–H and O–H groups in total. The van der Waals surface area contributed by atoms with Crippen molar-refractivity contribution in [3.05, 3.63) is 18.2 Å². The van der Waals surface area contributed by atoms with Crippen molar-refractivity contribution in [1.82, 2.24) is 14.9 Å². The maximum absolute atomic E-state index is 6.34. The van der Waals surface area contributed by atoms with Gasteiger partial charge in [0.1, 0.15) is 0 Å². The fourth-order valence-electron chi connectivity index (χ4n) is 3.50. The Hall–Kier alpha value is -0.870. The number of ether oxygens (including phenoxy) is 1. The molecule has 2 aliphatic rings. The molecule has 1 aromatic rings. The molecule has 1 aromatic heterocycles. The van der Waals surface area contributed by atoms with Gasteiger partial charge in [0.25, 0.3) is 0 Å². The van der Waals surface area contributed by atoms with Gasteiger partial charge in [-0.25, -0.2) is 4.98 Å². The molecular formula is C15H25N3O. The van der Waals surface area contributed by atoms with Crippen LogP contribution in [-0.4, -0.2) is 27.8 Å². The Morgan fingerprint density at radius 3 is 3.05 bits per heavy atom. The summed E-state index contributed by atoms with van der Waals surface area (Å²) in [5.74, 6) is 0. The topological polar surface area (TPSA) is 39.1 Å². The molecule has 4 nitrogen and oxygen atoms in total. The normalized spacial score (nSPS) is 25.4. The van der Waals surface area contributed by atoms with Gasteiger partial charge in [-0.2, -0.15) is 0 Å². The minimum atomic E-state index is 0.248. The predicted molar refractivity (Wildman–Crippen MR) is 74.9 cm³/mol. The minimum Gasteiger partial charge on any atom is -0.370 e. The lowest BCUT2D eigenvalue weighted by Gasteiger charge is -2.23. The van der Waals surface area contributed by atoms with E-state index in [9.17, 15) is 0 Å². The molecule has 1 atom stereocenters. The van der Waals surface area contributed by atoms with Gasteiger partial charge in [0, 0.05) is 19.3 Å². The van der Waals surface area contributed by atoms with E-state index in [-0.39, 0.29) is 5.60 Å². The van der Waals surface area contributed by atoms with Crippen LogP contribution < -0.4 is 5.32 Å². The Morgan fingerprint density at radius 1 is 1.42 bits per heavy atom. The van der Waals surface area contributed by atoms with Gasteiger partial charge < -0.3 is 14.6 Å². The highest BCUT2D eigenvalue weighted by molar-refractivity contribution is 4.98. The molecule has 0 aromatic carbocycles. The molecule has 1 saturated heterocycles. The van der Waals surface area contributed by atoms with E-state index in [1.807, 2.05) is 6.33 Å². The van der Waals surface area contributed by atoms with Crippen molar-refractivity contribution >= 4 is 0 Å². The molecule has 4 heteroatoms. The molecule has 106 valence electrons. The summed E-state index contributed by atoms with van der Waals surface area (Å²) < 4.78 is 8.53. The summed E-state index contributed by atoms with van der Waals surface area (Å²) in [5.41, 5.74) is 1.37. The smallest absolute Gasteiger partial charge is 0.0950 e.